The standard InChI is InChI=1S/C13H11F3N2O4S/c1-6-10(12(20)18(2)17-6)11(19)8-4-3-7(13(14,15)16)5-9(8)23(21)22/h3-5,20,23H,1-2H3. The number of rotatable bonds is 3. The Bertz CT molecular complexity index is 861. The monoisotopic (exact) mass is 348 g/mol. The highest BCUT2D eigenvalue weighted by molar-refractivity contribution is 7.72. The molecule has 0 saturated carbocycles. The summed E-state index contributed by atoms with van der Waals surface area (Å²) in [6.45, 7) is 1.41. The summed E-state index contributed by atoms with van der Waals surface area (Å²) >= 11 is 0. The zero-order valence-corrected chi connectivity index (χ0v) is 12.8. The number of carbonyl (C=O) groups excluding carboxylic acids is 1. The molecule has 0 spiro atoms. The van der Waals surface area contributed by atoms with E-state index in [9.17, 15) is 31.5 Å². The van der Waals surface area contributed by atoms with Crippen LogP contribution in [-0.2, 0) is 23.9 Å². The number of carbonyl (C=O) groups is 1. The number of aromatic nitrogens is 2. The number of aryl methyl sites for hydroxylation is 2. The van der Waals surface area contributed by atoms with Crippen molar-refractivity contribution in [3.8, 4) is 5.88 Å². The molecule has 0 aliphatic rings. The van der Waals surface area contributed by atoms with Gasteiger partial charge in [-0.2, -0.15) is 18.3 Å². The van der Waals surface area contributed by atoms with Gasteiger partial charge in [-0.15, -0.1) is 0 Å². The van der Waals surface area contributed by atoms with Gasteiger partial charge in [0.15, 0.2) is 10.7 Å². The van der Waals surface area contributed by atoms with Crippen molar-refractivity contribution >= 4 is 16.5 Å². The second kappa shape index (κ2) is 5.69. The summed E-state index contributed by atoms with van der Waals surface area (Å²) < 4.78 is 61.5. The molecular formula is C13H11F3N2O4S. The molecule has 0 aliphatic carbocycles. The molecule has 2 rings (SSSR count). The molecule has 1 heterocycles. The van der Waals surface area contributed by atoms with Crippen LogP contribution in [0.4, 0.5) is 13.2 Å². The lowest BCUT2D eigenvalue weighted by Crippen LogP contribution is -2.10. The highest BCUT2D eigenvalue weighted by Crippen LogP contribution is 2.32. The van der Waals surface area contributed by atoms with Crippen molar-refractivity contribution in [3.63, 3.8) is 0 Å². The number of hydrogen-bond donors (Lipinski definition) is 2. The Balaban J connectivity index is 2.66. The number of alkyl halides is 3. The molecule has 0 fully saturated rings. The number of thiol groups is 1. The second-order valence-electron chi connectivity index (χ2n) is 4.72. The van der Waals surface area contributed by atoms with Crippen LogP contribution < -0.4 is 0 Å². The number of ketones is 1. The molecule has 0 unspecified atom stereocenters. The van der Waals surface area contributed by atoms with Crippen LogP contribution in [0.5, 0.6) is 5.88 Å². The molecule has 0 amide bonds. The van der Waals surface area contributed by atoms with Crippen LogP contribution in [0.25, 0.3) is 0 Å². The maximum Gasteiger partial charge on any atom is 0.416 e. The fraction of sp³-hybridized carbons (Fsp3) is 0.231. The Morgan fingerprint density at radius 2 is 1.91 bits per heavy atom. The van der Waals surface area contributed by atoms with E-state index < -0.39 is 44.6 Å². The third-order valence-electron chi connectivity index (χ3n) is 3.19. The van der Waals surface area contributed by atoms with Crippen LogP contribution in [0.1, 0.15) is 27.2 Å². The summed E-state index contributed by atoms with van der Waals surface area (Å²) in [5.74, 6) is -1.42. The predicted octanol–water partition coefficient (Wildman–Crippen LogP) is 1.65. The van der Waals surface area contributed by atoms with Crippen LogP contribution >= 0.6 is 0 Å². The van der Waals surface area contributed by atoms with E-state index in [4.69, 9.17) is 0 Å². The second-order valence-corrected chi connectivity index (χ2v) is 5.72. The normalized spacial score (nSPS) is 11.9. The minimum absolute atomic E-state index is 0.127. The highest BCUT2D eigenvalue weighted by atomic mass is 32.2. The lowest BCUT2D eigenvalue weighted by Gasteiger charge is -2.10. The van der Waals surface area contributed by atoms with Gasteiger partial charge in [0.05, 0.1) is 16.2 Å². The van der Waals surface area contributed by atoms with Crippen molar-refractivity contribution in [1.82, 2.24) is 9.78 Å². The van der Waals surface area contributed by atoms with E-state index in [2.05, 4.69) is 5.10 Å². The van der Waals surface area contributed by atoms with Crippen LogP contribution in [0.15, 0.2) is 23.1 Å². The molecule has 0 radical (unpaired) electrons. The first-order valence-electron chi connectivity index (χ1n) is 6.17. The first-order chi connectivity index (χ1) is 10.5. The topological polar surface area (TPSA) is 89.3 Å². The summed E-state index contributed by atoms with van der Waals surface area (Å²) in [4.78, 5) is 11.7. The SMILES string of the molecule is Cc1nn(C)c(O)c1C(=O)c1ccc(C(F)(F)F)cc1[SH](=O)=O. The minimum atomic E-state index is -4.74. The fourth-order valence-corrected chi connectivity index (χ4v) is 2.71. The molecule has 0 atom stereocenters. The van der Waals surface area contributed by atoms with E-state index in [1.807, 2.05) is 0 Å². The van der Waals surface area contributed by atoms with E-state index in [1.165, 1.54) is 14.0 Å². The van der Waals surface area contributed by atoms with E-state index in [-0.39, 0.29) is 11.3 Å². The smallest absolute Gasteiger partial charge is 0.416 e. The largest absolute Gasteiger partial charge is 0.493 e. The van der Waals surface area contributed by atoms with Gasteiger partial charge in [0.25, 0.3) is 0 Å². The molecule has 6 nitrogen and oxygen atoms in total. The molecule has 1 N–H and O–H groups in total. The quantitative estimate of drug-likeness (QED) is 0.650. The van der Waals surface area contributed by atoms with Crippen molar-refractivity contribution in [2.24, 2.45) is 7.05 Å². The summed E-state index contributed by atoms with van der Waals surface area (Å²) in [6, 6.07) is 1.78. The summed E-state index contributed by atoms with van der Waals surface area (Å²) in [5, 5.41) is 13.6. The van der Waals surface area contributed by atoms with Gasteiger partial charge in [0, 0.05) is 12.6 Å². The van der Waals surface area contributed by atoms with Crippen molar-refractivity contribution in [2.75, 3.05) is 0 Å². The van der Waals surface area contributed by atoms with Gasteiger partial charge in [0.2, 0.25) is 11.7 Å². The van der Waals surface area contributed by atoms with Crippen molar-refractivity contribution in [2.45, 2.75) is 18.0 Å². The lowest BCUT2D eigenvalue weighted by molar-refractivity contribution is -0.137. The zero-order valence-electron chi connectivity index (χ0n) is 11.9. The van der Waals surface area contributed by atoms with E-state index in [0.29, 0.717) is 12.1 Å². The Morgan fingerprint density at radius 1 is 1.30 bits per heavy atom. The van der Waals surface area contributed by atoms with Gasteiger partial charge in [-0.05, 0) is 25.1 Å². The van der Waals surface area contributed by atoms with Gasteiger partial charge in [-0.1, -0.05) is 0 Å². The number of halogens is 3. The van der Waals surface area contributed by atoms with Gasteiger partial charge in [0.1, 0.15) is 5.56 Å². The number of aromatic hydroxyl groups is 1. The van der Waals surface area contributed by atoms with Crippen molar-refractivity contribution < 1.29 is 31.5 Å². The zero-order chi connectivity index (χ0) is 17.5. The molecule has 0 bridgehead atoms. The maximum absolute atomic E-state index is 12.7. The van der Waals surface area contributed by atoms with E-state index in [0.717, 1.165) is 10.7 Å². The first kappa shape index (κ1) is 17.0. The molecule has 124 valence electrons. The molecule has 10 heteroatoms. The number of hydrogen-bond acceptors (Lipinski definition) is 5. The molecule has 0 aliphatic heterocycles. The third kappa shape index (κ3) is 3.07. The molecule has 23 heavy (non-hydrogen) atoms. The average Bonchev–Trinajstić information content (AvgIpc) is 2.69. The molecule has 1 aromatic carbocycles. The minimum Gasteiger partial charge on any atom is -0.493 e. The molecule has 1 aromatic heterocycles. The molecular weight excluding hydrogens is 337 g/mol. The fourth-order valence-electron chi connectivity index (χ4n) is 2.10. The van der Waals surface area contributed by atoms with E-state index in [1.54, 1.807) is 0 Å². The Morgan fingerprint density at radius 3 is 2.35 bits per heavy atom. The summed E-state index contributed by atoms with van der Waals surface area (Å²) in [7, 11) is -2.08. The summed E-state index contributed by atoms with van der Waals surface area (Å²) in [5.41, 5.74) is -1.77. The Kier molecular flexibility index (Phi) is 4.20. The maximum atomic E-state index is 12.7. The van der Waals surface area contributed by atoms with Gasteiger partial charge >= 0.3 is 6.18 Å². The summed E-state index contributed by atoms with van der Waals surface area (Å²) in [6.07, 6.45) is -4.74. The van der Waals surface area contributed by atoms with E-state index >= 15 is 0 Å². The molecule has 2 aromatic rings. The van der Waals surface area contributed by atoms with Crippen molar-refractivity contribution in [1.29, 1.82) is 0 Å². The number of nitrogens with zero attached hydrogens (tertiary/aromatic N) is 2. The van der Waals surface area contributed by atoms with Crippen LogP contribution in [0.3, 0.4) is 0 Å². The van der Waals surface area contributed by atoms with Crippen LogP contribution in [-0.4, -0.2) is 29.1 Å². The lowest BCUT2D eigenvalue weighted by atomic mass is 10.0. The van der Waals surface area contributed by atoms with Crippen LogP contribution in [0, 0.1) is 6.92 Å². The molecule has 0 saturated heterocycles. The first-order valence-corrected chi connectivity index (χ1v) is 7.34. The third-order valence-corrected chi connectivity index (χ3v) is 3.95. The van der Waals surface area contributed by atoms with Gasteiger partial charge in [-0.25, -0.2) is 13.1 Å². The average molecular weight is 348 g/mol. The van der Waals surface area contributed by atoms with Gasteiger partial charge < -0.3 is 5.11 Å². The highest BCUT2D eigenvalue weighted by Gasteiger charge is 2.32. The van der Waals surface area contributed by atoms with Gasteiger partial charge in [-0.3, -0.25) is 4.79 Å². The number of benzene rings is 1. The Hall–Kier alpha value is -2.36. The van der Waals surface area contributed by atoms with Crippen LogP contribution in [0.2, 0.25) is 0 Å². The Labute approximate surface area is 130 Å². The predicted molar refractivity (Wildman–Crippen MR) is 73.1 cm³/mol. The van der Waals surface area contributed by atoms with Crippen molar-refractivity contribution in [3.05, 3.63) is 40.6 Å².